The second kappa shape index (κ2) is 6.31. The number of halogens is 1. The van der Waals surface area contributed by atoms with Gasteiger partial charge in [-0.1, -0.05) is 11.8 Å². The third-order valence-corrected chi connectivity index (χ3v) is 2.94. The minimum atomic E-state index is -3.95. The Morgan fingerprint density at radius 3 is 2.68 bits per heavy atom. The summed E-state index contributed by atoms with van der Waals surface area (Å²) >= 11 is 0. The molecule has 2 N–H and O–H groups in total. The summed E-state index contributed by atoms with van der Waals surface area (Å²) in [5.41, 5.74) is -0.0169. The molecule has 1 aromatic rings. The number of carbonyl (C=O) groups is 1. The Hall–Kier alpha value is -1.91. The lowest BCUT2D eigenvalue weighted by atomic mass is 10.2. The van der Waals surface area contributed by atoms with Gasteiger partial charge in [0.05, 0.1) is 17.1 Å². The molecule has 0 fully saturated rings. The van der Waals surface area contributed by atoms with Crippen molar-refractivity contribution in [3.63, 3.8) is 0 Å². The predicted octanol–water partition coefficient (Wildman–Crippen LogP) is 0.778. The molecule has 102 valence electrons. The van der Waals surface area contributed by atoms with Gasteiger partial charge in [-0.25, -0.2) is 17.9 Å². The number of carbonyl (C=O) groups excluding carboxylic acids is 1. The number of esters is 1. The summed E-state index contributed by atoms with van der Waals surface area (Å²) < 4.78 is 40.1. The number of hydrogen-bond donors (Lipinski definition) is 1. The zero-order valence-electron chi connectivity index (χ0n) is 10.1. The van der Waals surface area contributed by atoms with Crippen LogP contribution in [-0.2, 0) is 19.6 Å². The van der Waals surface area contributed by atoms with Gasteiger partial charge in [0.25, 0.3) is 0 Å². The molecule has 1 aromatic carbocycles. The van der Waals surface area contributed by atoms with E-state index in [1.807, 2.05) is 0 Å². The van der Waals surface area contributed by atoms with E-state index in [0.29, 0.717) is 0 Å². The second-order valence-corrected chi connectivity index (χ2v) is 5.03. The predicted molar refractivity (Wildman–Crippen MR) is 65.9 cm³/mol. The van der Waals surface area contributed by atoms with Crippen LogP contribution in [0.1, 0.15) is 18.9 Å². The van der Waals surface area contributed by atoms with E-state index in [1.165, 1.54) is 6.07 Å². The van der Waals surface area contributed by atoms with Crippen LogP contribution in [0.4, 0.5) is 4.39 Å². The smallest absolute Gasteiger partial charge is 0.317 e. The first kappa shape index (κ1) is 15.1. The van der Waals surface area contributed by atoms with Crippen molar-refractivity contribution in [3.05, 3.63) is 29.6 Å². The summed E-state index contributed by atoms with van der Waals surface area (Å²) in [5.74, 6) is 3.54. The Morgan fingerprint density at radius 1 is 1.47 bits per heavy atom. The van der Waals surface area contributed by atoms with Crippen molar-refractivity contribution in [2.75, 3.05) is 6.61 Å². The van der Waals surface area contributed by atoms with Crippen LogP contribution in [0.5, 0.6) is 0 Å². The molecule has 7 heteroatoms. The fourth-order valence-electron chi connectivity index (χ4n) is 1.20. The van der Waals surface area contributed by atoms with Crippen molar-refractivity contribution in [1.29, 1.82) is 0 Å². The van der Waals surface area contributed by atoms with Crippen LogP contribution in [-0.4, -0.2) is 21.0 Å². The Bertz CT molecular complexity index is 643. The molecule has 0 aromatic heterocycles. The second-order valence-electron chi connectivity index (χ2n) is 3.47. The normalized spacial score (nSPS) is 10.5. The highest BCUT2D eigenvalue weighted by atomic mass is 32.2. The van der Waals surface area contributed by atoms with Crippen molar-refractivity contribution in [1.82, 2.24) is 0 Å². The van der Waals surface area contributed by atoms with E-state index in [4.69, 9.17) is 5.14 Å². The largest absolute Gasteiger partial charge is 0.465 e. The van der Waals surface area contributed by atoms with Crippen molar-refractivity contribution in [3.8, 4) is 11.8 Å². The topological polar surface area (TPSA) is 86.5 Å². The van der Waals surface area contributed by atoms with Gasteiger partial charge in [0.15, 0.2) is 0 Å². The van der Waals surface area contributed by atoms with Crippen molar-refractivity contribution >= 4 is 16.0 Å². The summed E-state index contributed by atoms with van der Waals surface area (Å²) in [5, 5.41) is 4.86. The molecule has 0 unspecified atom stereocenters. The van der Waals surface area contributed by atoms with E-state index in [2.05, 4.69) is 16.6 Å². The highest BCUT2D eigenvalue weighted by Crippen LogP contribution is 2.12. The Balaban J connectivity index is 2.87. The van der Waals surface area contributed by atoms with Crippen LogP contribution in [0.2, 0.25) is 0 Å². The van der Waals surface area contributed by atoms with Gasteiger partial charge < -0.3 is 4.74 Å². The number of nitrogens with two attached hydrogens (primary N) is 1. The number of ether oxygens (including phenoxy) is 1. The fourth-order valence-corrected chi connectivity index (χ4v) is 1.72. The first-order valence-corrected chi connectivity index (χ1v) is 6.86. The summed E-state index contributed by atoms with van der Waals surface area (Å²) in [6.45, 7) is 1.91. The van der Waals surface area contributed by atoms with Crippen LogP contribution >= 0.6 is 0 Å². The number of hydrogen-bond acceptors (Lipinski definition) is 4. The number of rotatable bonds is 3. The molecular weight excluding hydrogens is 273 g/mol. The molecule has 0 aliphatic heterocycles. The molecule has 0 atom stereocenters. The molecule has 0 radical (unpaired) electrons. The molecule has 0 saturated heterocycles. The minimum Gasteiger partial charge on any atom is -0.465 e. The number of benzene rings is 1. The van der Waals surface area contributed by atoms with Crippen molar-refractivity contribution in [2.45, 2.75) is 18.2 Å². The van der Waals surface area contributed by atoms with Gasteiger partial charge in [-0.05, 0) is 25.1 Å². The molecule has 0 amide bonds. The number of sulfonamides is 1. The maximum atomic E-state index is 13.5. The van der Waals surface area contributed by atoms with E-state index < -0.39 is 21.8 Å². The molecule has 0 saturated carbocycles. The van der Waals surface area contributed by atoms with E-state index >= 15 is 0 Å². The Labute approximate surface area is 110 Å². The lowest BCUT2D eigenvalue weighted by Crippen LogP contribution is -2.12. The van der Waals surface area contributed by atoms with Crippen LogP contribution in [0.3, 0.4) is 0 Å². The van der Waals surface area contributed by atoms with Crippen molar-refractivity contribution < 1.29 is 22.3 Å². The fraction of sp³-hybridized carbons (Fsp3) is 0.250. The van der Waals surface area contributed by atoms with Crippen LogP contribution in [0.15, 0.2) is 23.1 Å². The van der Waals surface area contributed by atoms with Gasteiger partial charge in [0.1, 0.15) is 12.2 Å². The molecule has 0 aliphatic rings. The first-order valence-electron chi connectivity index (χ1n) is 5.31. The minimum absolute atomic E-state index is 0.0169. The maximum absolute atomic E-state index is 13.5. The van der Waals surface area contributed by atoms with Gasteiger partial charge in [-0.2, -0.15) is 0 Å². The van der Waals surface area contributed by atoms with Crippen LogP contribution in [0, 0.1) is 17.7 Å². The van der Waals surface area contributed by atoms with Gasteiger partial charge in [0.2, 0.25) is 10.0 Å². The highest BCUT2D eigenvalue weighted by Gasteiger charge is 2.10. The van der Waals surface area contributed by atoms with Crippen molar-refractivity contribution in [2.24, 2.45) is 5.14 Å². The lowest BCUT2D eigenvalue weighted by molar-refractivity contribution is -0.141. The molecule has 5 nitrogen and oxygen atoms in total. The molecule has 0 heterocycles. The molecule has 0 bridgehead atoms. The summed E-state index contributed by atoms with van der Waals surface area (Å²) in [6, 6.07) is 3.11. The van der Waals surface area contributed by atoms with Gasteiger partial charge >= 0.3 is 5.97 Å². The Kier molecular flexibility index (Phi) is 5.03. The van der Waals surface area contributed by atoms with Gasteiger partial charge in [-0.3, -0.25) is 4.79 Å². The monoisotopic (exact) mass is 285 g/mol. The van der Waals surface area contributed by atoms with E-state index in [-0.39, 0.29) is 23.5 Å². The van der Waals surface area contributed by atoms with Gasteiger partial charge in [-0.15, -0.1) is 0 Å². The molecule has 1 rings (SSSR count). The van der Waals surface area contributed by atoms with E-state index in [1.54, 1.807) is 6.92 Å². The Morgan fingerprint density at radius 2 is 2.16 bits per heavy atom. The third-order valence-electron chi connectivity index (χ3n) is 2.03. The average Bonchev–Trinajstić information content (AvgIpc) is 2.30. The lowest BCUT2D eigenvalue weighted by Gasteiger charge is -1.99. The number of primary sulfonamides is 1. The average molecular weight is 285 g/mol. The molecule has 0 spiro atoms. The quantitative estimate of drug-likeness (QED) is 0.656. The highest BCUT2D eigenvalue weighted by molar-refractivity contribution is 7.89. The first-order chi connectivity index (χ1) is 8.84. The van der Waals surface area contributed by atoms with E-state index in [0.717, 1.165) is 12.1 Å². The SMILES string of the molecule is CCOC(=O)CC#Cc1ccc(S(N)(=O)=O)cc1F. The third kappa shape index (κ3) is 4.69. The molecule has 0 aliphatic carbocycles. The summed E-state index contributed by atoms with van der Waals surface area (Å²) in [7, 11) is -3.95. The summed E-state index contributed by atoms with van der Waals surface area (Å²) in [4.78, 5) is 10.7. The molecule has 19 heavy (non-hydrogen) atoms. The maximum Gasteiger partial charge on any atom is 0.317 e. The zero-order chi connectivity index (χ0) is 14.5. The van der Waals surface area contributed by atoms with E-state index in [9.17, 15) is 17.6 Å². The zero-order valence-corrected chi connectivity index (χ0v) is 11.0. The summed E-state index contributed by atoms with van der Waals surface area (Å²) in [6.07, 6.45) is -0.162. The van der Waals surface area contributed by atoms with Crippen LogP contribution < -0.4 is 5.14 Å². The van der Waals surface area contributed by atoms with Gasteiger partial charge in [0, 0.05) is 0 Å². The molecular formula is C12H12FNO4S. The van der Waals surface area contributed by atoms with Crippen LogP contribution in [0.25, 0.3) is 0 Å². The standard InChI is InChI=1S/C12H12FNO4S/c1-2-18-12(15)5-3-4-9-6-7-10(8-11(9)13)19(14,16)17/h6-8H,2,5H2,1H3,(H2,14,16,17).